The van der Waals surface area contributed by atoms with Crippen molar-refractivity contribution in [2.45, 2.75) is 44.9 Å². The zero-order valence-corrected chi connectivity index (χ0v) is 19.1. The molecule has 3 aromatic carbocycles. The predicted molar refractivity (Wildman–Crippen MR) is 134 cm³/mol. The van der Waals surface area contributed by atoms with Crippen LogP contribution < -0.4 is 4.57 Å². The second-order valence-corrected chi connectivity index (χ2v) is 10.1. The summed E-state index contributed by atoms with van der Waals surface area (Å²) in [4.78, 5) is 0. The zero-order valence-electron chi connectivity index (χ0n) is 19.2. The monoisotopic (exact) mass is 423 g/mol. The summed E-state index contributed by atoms with van der Waals surface area (Å²) in [5.74, 6) is -0.413. The Morgan fingerprint density at radius 1 is 0.903 bits per heavy atom. The third-order valence-corrected chi connectivity index (χ3v) is 8.16. The van der Waals surface area contributed by atoms with Crippen LogP contribution in [0.2, 0.25) is 0 Å². The highest BCUT2D eigenvalue weighted by Crippen LogP contribution is 2.41. The summed E-state index contributed by atoms with van der Waals surface area (Å²) in [6.45, 7) is 2.19. The SMILES string of the molecule is [2H]C1(c2ccc3cc4sc5c(-c6ccccc6C)[n+](C)ccc5c4cc3c2)CCCCC1. The van der Waals surface area contributed by atoms with Crippen LogP contribution in [0.1, 0.15) is 50.5 Å². The Kier molecular flexibility index (Phi) is 4.31. The Morgan fingerprint density at radius 3 is 2.58 bits per heavy atom. The fourth-order valence-corrected chi connectivity index (χ4v) is 6.58. The molecule has 0 atom stereocenters. The van der Waals surface area contributed by atoms with E-state index in [-0.39, 0.29) is 0 Å². The lowest BCUT2D eigenvalue weighted by atomic mass is 9.83. The van der Waals surface area contributed by atoms with Crippen molar-refractivity contribution in [3.05, 3.63) is 78.0 Å². The molecule has 154 valence electrons. The van der Waals surface area contributed by atoms with Crippen LogP contribution in [0.15, 0.2) is 66.9 Å². The molecule has 31 heavy (non-hydrogen) atoms. The molecular formula is C29H28NS+. The maximum absolute atomic E-state index is 9.07. The molecule has 0 radical (unpaired) electrons. The van der Waals surface area contributed by atoms with E-state index in [0.29, 0.717) is 0 Å². The molecule has 0 aliphatic heterocycles. The third-order valence-electron chi connectivity index (χ3n) is 6.98. The van der Waals surface area contributed by atoms with Gasteiger partial charge >= 0.3 is 0 Å². The number of pyridine rings is 1. The first kappa shape index (κ1) is 17.9. The van der Waals surface area contributed by atoms with E-state index in [1.807, 2.05) is 11.3 Å². The van der Waals surface area contributed by atoms with Crippen molar-refractivity contribution in [1.29, 1.82) is 0 Å². The molecular weight excluding hydrogens is 394 g/mol. The molecule has 6 rings (SSSR count). The first-order chi connectivity index (χ1) is 15.5. The second kappa shape index (κ2) is 7.46. The van der Waals surface area contributed by atoms with Gasteiger partial charge < -0.3 is 0 Å². The number of nitrogens with zero attached hydrogens (tertiary/aromatic N) is 1. The van der Waals surface area contributed by atoms with Crippen molar-refractivity contribution < 1.29 is 5.94 Å². The first-order valence-corrected chi connectivity index (χ1v) is 12.2. The first-order valence-electron chi connectivity index (χ1n) is 11.9. The summed E-state index contributed by atoms with van der Waals surface area (Å²) in [5, 5.41) is 5.19. The molecule has 1 aliphatic carbocycles. The molecule has 0 amide bonds. The smallest absolute Gasteiger partial charge is 0.200 e. The maximum Gasteiger partial charge on any atom is 0.230 e. The van der Waals surface area contributed by atoms with Gasteiger partial charge in [-0.2, -0.15) is 4.57 Å². The Labute approximate surface area is 189 Å². The minimum atomic E-state index is -0.413. The van der Waals surface area contributed by atoms with Crippen molar-refractivity contribution in [2.24, 2.45) is 7.05 Å². The van der Waals surface area contributed by atoms with Crippen LogP contribution in [0.4, 0.5) is 0 Å². The van der Waals surface area contributed by atoms with Gasteiger partial charge in [0.15, 0.2) is 6.20 Å². The number of benzene rings is 3. The summed E-state index contributed by atoms with van der Waals surface area (Å²) >= 11 is 1.89. The van der Waals surface area contributed by atoms with Gasteiger partial charge in [-0.3, -0.25) is 0 Å². The number of hydrogen-bond acceptors (Lipinski definition) is 1. The van der Waals surface area contributed by atoms with Crippen LogP contribution >= 0.6 is 11.3 Å². The third kappa shape index (κ3) is 3.16. The van der Waals surface area contributed by atoms with Gasteiger partial charge in [-0.25, -0.2) is 0 Å². The van der Waals surface area contributed by atoms with Gasteiger partial charge in [-0.05, 0) is 65.8 Å². The Balaban J connectivity index is 1.59. The number of aryl methyl sites for hydroxylation is 2. The summed E-state index contributed by atoms with van der Waals surface area (Å²) in [6, 6.07) is 22.4. The van der Waals surface area contributed by atoms with Crippen LogP contribution in [-0.4, -0.2) is 0 Å². The lowest BCUT2D eigenvalue weighted by Crippen LogP contribution is -2.30. The molecule has 2 heterocycles. The van der Waals surface area contributed by atoms with Gasteiger partial charge in [0.05, 0.1) is 5.56 Å². The van der Waals surface area contributed by atoms with Crippen LogP contribution in [0, 0.1) is 6.92 Å². The normalized spacial score (nSPS) is 16.8. The molecule has 0 saturated heterocycles. The number of hydrogen-bond donors (Lipinski definition) is 0. The van der Waals surface area contributed by atoms with E-state index >= 15 is 0 Å². The number of fused-ring (bicyclic) bond motifs is 4. The second-order valence-electron chi connectivity index (χ2n) is 9.01. The van der Waals surface area contributed by atoms with Gasteiger partial charge in [-0.1, -0.05) is 55.7 Å². The number of rotatable bonds is 2. The van der Waals surface area contributed by atoms with Crippen LogP contribution in [0.5, 0.6) is 0 Å². The Bertz CT molecular complexity index is 1490. The lowest BCUT2D eigenvalue weighted by Gasteiger charge is -2.22. The average Bonchev–Trinajstić information content (AvgIpc) is 3.15. The van der Waals surface area contributed by atoms with Crippen molar-refractivity contribution >= 4 is 42.3 Å². The molecule has 1 aliphatic rings. The molecule has 1 nitrogen and oxygen atoms in total. The largest absolute Gasteiger partial charge is 0.230 e. The lowest BCUT2D eigenvalue weighted by molar-refractivity contribution is -0.659. The van der Waals surface area contributed by atoms with E-state index in [9.17, 15) is 0 Å². The van der Waals surface area contributed by atoms with Crippen LogP contribution in [-0.2, 0) is 7.05 Å². The number of aromatic nitrogens is 1. The van der Waals surface area contributed by atoms with Gasteiger partial charge in [0.1, 0.15) is 11.7 Å². The fraction of sp³-hybridized carbons (Fsp3) is 0.276. The molecule has 0 bridgehead atoms. The molecule has 1 fully saturated rings. The number of thiophene rings is 1. The molecule has 2 aromatic heterocycles. The van der Waals surface area contributed by atoms with Crippen LogP contribution in [0.25, 0.3) is 42.2 Å². The van der Waals surface area contributed by atoms with Gasteiger partial charge in [-0.15, -0.1) is 11.3 Å². The molecule has 2 heteroatoms. The molecule has 0 unspecified atom stereocenters. The van der Waals surface area contributed by atoms with E-state index in [1.165, 1.54) is 72.6 Å². The van der Waals surface area contributed by atoms with Crippen molar-refractivity contribution in [1.82, 2.24) is 0 Å². The highest BCUT2D eigenvalue weighted by molar-refractivity contribution is 7.26. The highest BCUT2D eigenvalue weighted by atomic mass is 32.1. The Morgan fingerprint density at radius 2 is 1.74 bits per heavy atom. The van der Waals surface area contributed by atoms with E-state index < -0.39 is 5.89 Å². The fourth-order valence-electron chi connectivity index (χ4n) is 5.26. The highest BCUT2D eigenvalue weighted by Gasteiger charge is 2.21. The summed E-state index contributed by atoms with van der Waals surface area (Å²) in [7, 11) is 2.15. The van der Waals surface area contributed by atoms with Crippen molar-refractivity contribution in [3.63, 3.8) is 0 Å². The van der Waals surface area contributed by atoms with Crippen molar-refractivity contribution in [2.75, 3.05) is 0 Å². The zero-order chi connectivity index (χ0) is 21.9. The van der Waals surface area contributed by atoms with E-state index in [0.717, 1.165) is 12.8 Å². The average molecular weight is 424 g/mol. The van der Waals surface area contributed by atoms with Gasteiger partial charge in [0, 0.05) is 22.9 Å². The molecule has 1 saturated carbocycles. The molecule has 0 spiro atoms. The molecule has 5 aromatic rings. The van der Waals surface area contributed by atoms with Crippen molar-refractivity contribution in [3.8, 4) is 11.3 Å². The standard InChI is InChI=1S/C29H28NS/c1-19-8-6-7-11-24(19)28-29-25(14-15-30(28)2)26-17-23-16-21(20-9-4-3-5-10-20)12-13-22(23)18-27(26)31-29/h6-8,11-18,20H,3-5,9-10H2,1-2H3/q+1/i20D. The summed E-state index contributed by atoms with van der Waals surface area (Å²) < 4.78 is 14.0. The van der Waals surface area contributed by atoms with Gasteiger partial charge in [0.2, 0.25) is 5.69 Å². The quantitative estimate of drug-likeness (QED) is 0.253. The summed E-state index contributed by atoms with van der Waals surface area (Å²) in [5.41, 5.74) is 5.08. The minimum Gasteiger partial charge on any atom is -0.200 e. The minimum absolute atomic E-state index is 0.413. The van der Waals surface area contributed by atoms with E-state index in [2.05, 4.69) is 85.4 Å². The van der Waals surface area contributed by atoms with E-state index in [4.69, 9.17) is 1.37 Å². The van der Waals surface area contributed by atoms with Gasteiger partial charge in [0.25, 0.3) is 0 Å². The van der Waals surface area contributed by atoms with Crippen LogP contribution in [0.3, 0.4) is 0 Å². The molecule has 0 N–H and O–H groups in total. The van der Waals surface area contributed by atoms with E-state index in [1.54, 1.807) is 0 Å². The summed E-state index contributed by atoms with van der Waals surface area (Å²) in [6.07, 6.45) is 7.79. The maximum atomic E-state index is 9.07. The topological polar surface area (TPSA) is 3.88 Å². The predicted octanol–water partition coefficient (Wildman–Crippen LogP) is 8.06. The Hall–Kier alpha value is -2.71.